The molecule has 0 aromatic heterocycles. The first-order chi connectivity index (χ1) is 26.5. The quantitative estimate of drug-likeness (QED) is 0.138. The van der Waals surface area contributed by atoms with Gasteiger partial charge in [0.2, 0.25) is 0 Å². The van der Waals surface area contributed by atoms with Gasteiger partial charge >= 0.3 is 0 Å². The van der Waals surface area contributed by atoms with Gasteiger partial charge in [-0.05, 0) is 120 Å². The Balaban J connectivity index is 2.83. The number of unbranched alkanes of at least 4 members (excludes halogenated alkanes) is 3. The Morgan fingerprint density at radius 1 is 0.685 bits per heavy atom. The zero-order valence-electron chi connectivity index (χ0n) is 30.7. The molecule has 1 amide bonds. The minimum atomic E-state index is -1.36. The van der Waals surface area contributed by atoms with Gasteiger partial charge in [-0.15, -0.1) is 26.3 Å². The molecule has 4 nitrogen and oxygen atoms in total. The number of halogens is 1. The van der Waals surface area contributed by atoms with Crippen molar-refractivity contribution in [3.63, 3.8) is 0 Å². The second-order valence-electron chi connectivity index (χ2n) is 10.9. The summed E-state index contributed by atoms with van der Waals surface area (Å²) < 4.78 is 27.9. The lowest BCUT2D eigenvalue weighted by atomic mass is 9.75. The van der Waals surface area contributed by atoms with Crippen molar-refractivity contribution in [1.29, 1.82) is 0 Å². The molecule has 1 rings (SSSR count). The third-order valence-corrected chi connectivity index (χ3v) is 7.30. The van der Waals surface area contributed by atoms with Gasteiger partial charge in [-0.25, -0.2) is 4.39 Å². The number of alkyl halides is 1. The minimum absolute atomic E-state index is 0.0244. The molecule has 0 saturated carbocycles. The molecule has 1 heterocycles. The first kappa shape index (κ1) is 45.0. The lowest BCUT2D eigenvalue weighted by Gasteiger charge is -2.44. The highest BCUT2D eigenvalue weighted by Crippen LogP contribution is 2.39. The standard InChI is InChI=1S/C49H40FNO3/c1-7-13-15-17-18-19-20-21-22-23-24-25-26-27-28-29-30-31-32-33-34-35-37-40-48(52)51-46(45(50)39-36-16-14-8-2)41-53-49-44(12-6)42(10-4)43(11-5)47(54-49)38-9-3/h9-12,42-47,49H,3-6,8,14,16,36,38-39,41H2,1-2H3,(H,51,52)/t42?,43-,44+,45-,46+,47?,49+/m1/s1. The van der Waals surface area contributed by atoms with Crippen LogP contribution >= 0.6 is 0 Å². The number of rotatable bonds is 15. The fourth-order valence-corrected chi connectivity index (χ4v) is 4.84. The predicted octanol–water partition coefficient (Wildman–Crippen LogP) is 5.56. The van der Waals surface area contributed by atoms with Gasteiger partial charge in [-0.1, -0.05) is 62.8 Å². The maximum atomic E-state index is 15.5. The van der Waals surface area contributed by atoms with E-state index in [1.165, 1.54) is 0 Å². The van der Waals surface area contributed by atoms with Crippen molar-refractivity contribution in [2.45, 2.75) is 77.0 Å². The molecule has 0 aromatic rings. The maximum absolute atomic E-state index is 15.5. The lowest BCUT2D eigenvalue weighted by molar-refractivity contribution is -0.236. The predicted molar refractivity (Wildman–Crippen MR) is 215 cm³/mol. The molecule has 2 unspecified atom stereocenters. The van der Waals surface area contributed by atoms with E-state index >= 15 is 4.39 Å². The summed E-state index contributed by atoms with van der Waals surface area (Å²) in [6.45, 7) is 19.4. The average Bonchev–Trinajstić information content (AvgIpc) is 3.17. The van der Waals surface area contributed by atoms with E-state index in [4.69, 9.17) is 9.47 Å². The number of amides is 1. The number of nitrogens with one attached hydrogen (secondary N) is 1. The van der Waals surface area contributed by atoms with E-state index in [1.807, 2.05) is 12.2 Å². The van der Waals surface area contributed by atoms with Gasteiger partial charge in [0.15, 0.2) is 6.29 Å². The summed E-state index contributed by atoms with van der Waals surface area (Å²) in [6.07, 6.45) is 9.32. The van der Waals surface area contributed by atoms with Gasteiger partial charge in [-0.2, -0.15) is 0 Å². The topological polar surface area (TPSA) is 47.6 Å². The number of hydrogen-bond acceptors (Lipinski definition) is 3. The number of hydrogen-bond donors (Lipinski definition) is 1. The molecule has 5 heteroatoms. The highest BCUT2D eigenvalue weighted by molar-refractivity contribution is 5.94. The largest absolute Gasteiger partial charge is 0.350 e. The Labute approximate surface area is 323 Å². The molecular weight excluding hydrogens is 670 g/mol. The van der Waals surface area contributed by atoms with Crippen LogP contribution in [0.15, 0.2) is 50.6 Å². The normalized spacial score (nSPS) is 17.4. The smallest absolute Gasteiger partial charge is 0.297 e. The van der Waals surface area contributed by atoms with Gasteiger partial charge in [0.05, 0.1) is 18.8 Å². The van der Waals surface area contributed by atoms with E-state index in [0.717, 1.165) is 19.3 Å². The third kappa shape index (κ3) is 20.0. The van der Waals surface area contributed by atoms with Crippen LogP contribution in [-0.2, 0) is 14.3 Å². The Morgan fingerprint density at radius 2 is 1.15 bits per heavy atom. The van der Waals surface area contributed by atoms with Crippen LogP contribution in [0.2, 0.25) is 0 Å². The zero-order valence-corrected chi connectivity index (χ0v) is 30.7. The summed E-state index contributed by atoms with van der Waals surface area (Å²) >= 11 is 0. The molecule has 0 spiro atoms. The summed E-state index contributed by atoms with van der Waals surface area (Å²) in [5, 5.41) is 2.65. The van der Waals surface area contributed by atoms with Gasteiger partial charge < -0.3 is 14.8 Å². The van der Waals surface area contributed by atoms with Crippen molar-refractivity contribution in [2.24, 2.45) is 17.8 Å². The van der Waals surface area contributed by atoms with Crippen LogP contribution < -0.4 is 5.32 Å². The van der Waals surface area contributed by atoms with E-state index in [-0.39, 0.29) is 36.9 Å². The van der Waals surface area contributed by atoms with Gasteiger partial charge in [0.1, 0.15) is 6.17 Å². The Bertz CT molecular complexity index is 2140. The molecule has 54 heavy (non-hydrogen) atoms. The van der Waals surface area contributed by atoms with E-state index in [2.05, 4.69) is 181 Å². The molecule has 1 N–H and O–H groups in total. The van der Waals surface area contributed by atoms with E-state index < -0.39 is 24.4 Å². The fraction of sp³-hybridized carbons (Fsp3) is 0.327. The van der Waals surface area contributed by atoms with Gasteiger partial charge in [-0.3, -0.25) is 4.79 Å². The molecule has 1 fully saturated rings. The van der Waals surface area contributed by atoms with Crippen molar-refractivity contribution in [2.75, 3.05) is 6.61 Å². The number of carbonyl (C=O) groups excluding carboxylic acids is 1. The van der Waals surface area contributed by atoms with Crippen LogP contribution in [0, 0.1) is 160 Å². The SMILES string of the molecule is C=CCC1O[C@H](OC[C@H](NC(=O)C#CC#CC#CC#CC#CC#CC#CC#CC#CC#CC#CC#CC)[C@H](F)CCCCCC)[C@@H](C=C)C(C=C)[C@H]1C=C. The molecule has 1 saturated heterocycles. The zero-order chi connectivity index (χ0) is 39.5. The second-order valence-corrected chi connectivity index (χ2v) is 10.9. The second kappa shape index (κ2) is 30.8. The Morgan fingerprint density at radius 3 is 1.57 bits per heavy atom. The van der Waals surface area contributed by atoms with Crippen LogP contribution in [0.4, 0.5) is 4.39 Å². The maximum Gasteiger partial charge on any atom is 0.297 e. The van der Waals surface area contributed by atoms with Crippen LogP contribution in [0.3, 0.4) is 0 Å². The van der Waals surface area contributed by atoms with E-state index in [0.29, 0.717) is 12.8 Å². The van der Waals surface area contributed by atoms with E-state index in [9.17, 15) is 4.79 Å². The molecule has 0 bridgehead atoms. The summed E-state index contributed by atoms with van der Waals surface area (Å²) in [7, 11) is 0. The minimum Gasteiger partial charge on any atom is -0.350 e. The molecule has 0 radical (unpaired) electrons. The first-order valence-electron chi connectivity index (χ1n) is 17.1. The summed E-state index contributed by atoms with van der Waals surface area (Å²) in [5.74, 6) is 59.0. The Kier molecular flexibility index (Phi) is 25.7. The number of carbonyl (C=O) groups is 1. The number of allylic oxidation sites excluding steroid dienone is 1. The monoisotopic (exact) mass is 709 g/mol. The lowest BCUT2D eigenvalue weighted by Crippen LogP contribution is -2.50. The van der Waals surface area contributed by atoms with Crippen LogP contribution in [0.1, 0.15) is 52.4 Å². The van der Waals surface area contributed by atoms with Crippen molar-refractivity contribution in [1.82, 2.24) is 5.32 Å². The first-order valence-corrected chi connectivity index (χ1v) is 17.1. The molecule has 7 atom stereocenters. The summed E-state index contributed by atoms with van der Waals surface area (Å²) in [5.41, 5.74) is 0. The fourth-order valence-electron chi connectivity index (χ4n) is 4.84. The molecule has 266 valence electrons. The highest BCUT2D eigenvalue weighted by Gasteiger charge is 2.42. The van der Waals surface area contributed by atoms with Crippen LogP contribution in [0.25, 0.3) is 0 Å². The van der Waals surface area contributed by atoms with Crippen molar-refractivity contribution >= 4 is 5.91 Å². The average molecular weight is 710 g/mol. The van der Waals surface area contributed by atoms with Crippen LogP contribution in [0.5, 0.6) is 0 Å². The molecule has 0 aromatic carbocycles. The molecule has 1 aliphatic heterocycles. The Hall–Kier alpha value is -7.00. The van der Waals surface area contributed by atoms with Crippen LogP contribution in [-0.4, -0.2) is 37.1 Å². The molecule has 1 aliphatic rings. The third-order valence-electron chi connectivity index (χ3n) is 7.30. The van der Waals surface area contributed by atoms with Crippen molar-refractivity contribution in [3.05, 3.63) is 50.6 Å². The summed E-state index contributed by atoms with van der Waals surface area (Å²) in [4.78, 5) is 12.7. The molecule has 0 aliphatic carbocycles. The van der Waals surface area contributed by atoms with Crippen molar-refractivity contribution < 1.29 is 18.7 Å². The summed E-state index contributed by atoms with van der Waals surface area (Å²) in [6, 6.07) is -0.961. The van der Waals surface area contributed by atoms with Gasteiger partial charge in [0, 0.05) is 53.3 Å². The number of ether oxygens (including phenoxy) is 2. The highest BCUT2D eigenvalue weighted by atomic mass is 19.1. The van der Waals surface area contributed by atoms with Crippen molar-refractivity contribution in [3.8, 4) is 142 Å². The van der Waals surface area contributed by atoms with E-state index in [1.54, 1.807) is 19.1 Å². The molecular formula is C49H40FNO3. The van der Waals surface area contributed by atoms with Gasteiger partial charge in [0.25, 0.3) is 5.91 Å².